The summed E-state index contributed by atoms with van der Waals surface area (Å²) >= 11 is 6.34. The Morgan fingerprint density at radius 3 is 2.71 bits per heavy atom. The summed E-state index contributed by atoms with van der Waals surface area (Å²) in [5.74, 6) is 1.30. The molecule has 3 nitrogen and oxygen atoms in total. The van der Waals surface area contributed by atoms with Crippen LogP contribution in [0.3, 0.4) is 0 Å². The third-order valence-electron chi connectivity index (χ3n) is 3.18. The molecule has 0 spiro atoms. The summed E-state index contributed by atoms with van der Waals surface area (Å²) in [5, 5.41) is 10.1. The summed E-state index contributed by atoms with van der Waals surface area (Å²) in [5.41, 5.74) is 1.71. The molecular weight excluding hydrogens is 240 g/mol. The normalized spacial score (nSPS) is 14.2. The molecule has 0 saturated heterocycles. The lowest BCUT2D eigenvalue weighted by molar-refractivity contribution is 0.173. The van der Waals surface area contributed by atoms with Gasteiger partial charge in [-0.2, -0.15) is 0 Å². The summed E-state index contributed by atoms with van der Waals surface area (Å²) in [6, 6.07) is 1.93. The zero-order chi connectivity index (χ0) is 12.6. The van der Waals surface area contributed by atoms with E-state index >= 15 is 0 Å². The molecule has 0 fully saturated rings. The summed E-state index contributed by atoms with van der Waals surface area (Å²) in [6.45, 7) is 6.29. The first-order valence-electron chi connectivity index (χ1n) is 5.73. The summed E-state index contributed by atoms with van der Waals surface area (Å²) < 4.78 is 10.7. The molecule has 0 saturated carbocycles. The van der Waals surface area contributed by atoms with Crippen LogP contribution in [0.5, 0.6) is 11.5 Å². The molecule has 1 aliphatic rings. The second-order valence-electron chi connectivity index (χ2n) is 4.85. The molecule has 94 valence electrons. The van der Waals surface area contributed by atoms with E-state index in [4.69, 9.17) is 21.1 Å². The van der Waals surface area contributed by atoms with Crippen LogP contribution in [0, 0.1) is 0 Å². The highest BCUT2D eigenvalue weighted by molar-refractivity contribution is 6.33. The number of fused-ring (bicyclic) bond motifs is 1. The van der Waals surface area contributed by atoms with E-state index < -0.39 is 0 Å². The average molecular weight is 257 g/mol. The van der Waals surface area contributed by atoms with Crippen LogP contribution in [0.25, 0.3) is 0 Å². The summed E-state index contributed by atoms with van der Waals surface area (Å²) in [6.07, 6.45) is 0.800. The Morgan fingerprint density at radius 2 is 2.12 bits per heavy atom. The quantitative estimate of drug-likeness (QED) is 0.904. The van der Waals surface area contributed by atoms with Crippen LogP contribution in [0.4, 0.5) is 0 Å². The van der Waals surface area contributed by atoms with Crippen molar-refractivity contribution in [2.24, 2.45) is 0 Å². The fourth-order valence-corrected chi connectivity index (χ4v) is 2.46. The van der Waals surface area contributed by atoms with Crippen LogP contribution in [0.15, 0.2) is 6.07 Å². The molecule has 2 rings (SSSR count). The van der Waals surface area contributed by atoms with Crippen molar-refractivity contribution in [1.29, 1.82) is 0 Å². The molecule has 1 aliphatic heterocycles. The lowest BCUT2D eigenvalue weighted by atomic mass is 9.81. The van der Waals surface area contributed by atoms with Crippen molar-refractivity contribution >= 4 is 11.6 Å². The van der Waals surface area contributed by atoms with Crippen LogP contribution in [0.1, 0.15) is 31.9 Å². The first kappa shape index (κ1) is 12.5. The number of hydrogen-bond acceptors (Lipinski definition) is 3. The van der Waals surface area contributed by atoms with Gasteiger partial charge in [0, 0.05) is 5.41 Å². The number of ether oxygens (including phenoxy) is 2. The van der Waals surface area contributed by atoms with Gasteiger partial charge in [-0.05, 0) is 23.6 Å². The van der Waals surface area contributed by atoms with Gasteiger partial charge < -0.3 is 14.6 Å². The molecule has 1 aromatic carbocycles. The van der Waals surface area contributed by atoms with Gasteiger partial charge >= 0.3 is 0 Å². The van der Waals surface area contributed by atoms with E-state index in [1.54, 1.807) is 0 Å². The Balaban J connectivity index is 2.64. The van der Waals surface area contributed by atoms with E-state index in [1.807, 2.05) is 26.8 Å². The third kappa shape index (κ3) is 1.98. The van der Waals surface area contributed by atoms with E-state index in [0.717, 1.165) is 17.5 Å². The Labute approximate surface area is 106 Å². The van der Waals surface area contributed by atoms with Crippen molar-refractivity contribution in [2.45, 2.75) is 32.6 Å². The molecule has 0 aliphatic carbocycles. The van der Waals surface area contributed by atoms with Gasteiger partial charge in [0.05, 0.1) is 11.6 Å². The molecule has 1 N–H and O–H groups in total. The molecule has 0 atom stereocenters. The maximum Gasteiger partial charge on any atom is 0.231 e. The molecule has 1 aromatic rings. The minimum absolute atomic E-state index is 0.0654. The first-order chi connectivity index (χ1) is 8.01. The fraction of sp³-hybridized carbons (Fsp3) is 0.538. The van der Waals surface area contributed by atoms with Gasteiger partial charge in [0.2, 0.25) is 6.79 Å². The van der Waals surface area contributed by atoms with Crippen LogP contribution in [0.2, 0.25) is 5.02 Å². The van der Waals surface area contributed by atoms with Crippen molar-refractivity contribution in [2.75, 3.05) is 13.4 Å². The molecule has 17 heavy (non-hydrogen) atoms. The largest absolute Gasteiger partial charge is 0.454 e. The lowest BCUT2D eigenvalue weighted by Crippen LogP contribution is -2.24. The molecule has 0 radical (unpaired) electrons. The Morgan fingerprint density at radius 1 is 1.41 bits per heavy atom. The highest BCUT2D eigenvalue weighted by Crippen LogP contribution is 2.45. The van der Waals surface area contributed by atoms with Gasteiger partial charge in [-0.15, -0.1) is 0 Å². The highest BCUT2D eigenvalue weighted by Gasteiger charge is 2.29. The SMILES string of the molecule is CCc1c(C(C)(C)CO)cc2c(c1Cl)OCO2. The van der Waals surface area contributed by atoms with E-state index in [0.29, 0.717) is 16.5 Å². The second-order valence-corrected chi connectivity index (χ2v) is 5.22. The van der Waals surface area contributed by atoms with Crippen LogP contribution in [-0.2, 0) is 11.8 Å². The number of halogens is 1. The fourth-order valence-electron chi connectivity index (χ4n) is 2.08. The van der Waals surface area contributed by atoms with Crippen molar-refractivity contribution in [3.8, 4) is 11.5 Å². The maximum atomic E-state index is 9.49. The highest BCUT2D eigenvalue weighted by atomic mass is 35.5. The zero-order valence-corrected chi connectivity index (χ0v) is 11.1. The molecule has 0 unspecified atom stereocenters. The molecule has 0 amide bonds. The van der Waals surface area contributed by atoms with E-state index in [9.17, 15) is 5.11 Å². The Bertz CT molecular complexity index is 441. The standard InChI is InChI=1S/C13H17ClO3/c1-4-8-9(13(2,3)6-15)5-10-12(11(8)14)17-7-16-10/h5,15H,4,6-7H2,1-3H3. The molecule has 0 aromatic heterocycles. The van der Waals surface area contributed by atoms with E-state index in [2.05, 4.69) is 0 Å². The predicted octanol–water partition coefficient (Wildman–Crippen LogP) is 2.90. The van der Waals surface area contributed by atoms with Gasteiger partial charge in [0.25, 0.3) is 0 Å². The smallest absolute Gasteiger partial charge is 0.231 e. The van der Waals surface area contributed by atoms with Gasteiger partial charge in [-0.1, -0.05) is 32.4 Å². The van der Waals surface area contributed by atoms with Crippen LogP contribution < -0.4 is 9.47 Å². The zero-order valence-electron chi connectivity index (χ0n) is 10.3. The van der Waals surface area contributed by atoms with E-state index in [-0.39, 0.29) is 18.8 Å². The predicted molar refractivity (Wildman–Crippen MR) is 67.1 cm³/mol. The molecule has 0 bridgehead atoms. The van der Waals surface area contributed by atoms with Gasteiger partial charge in [0.1, 0.15) is 0 Å². The van der Waals surface area contributed by atoms with Gasteiger partial charge in [-0.25, -0.2) is 0 Å². The van der Waals surface area contributed by atoms with Crippen molar-refractivity contribution in [1.82, 2.24) is 0 Å². The van der Waals surface area contributed by atoms with Crippen molar-refractivity contribution < 1.29 is 14.6 Å². The number of rotatable bonds is 3. The maximum absolute atomic E-state index is 9.49. The number of aliphatic hydroxyl groups is 1. The Kier molecular flexibility index (Phi) is 3.23. The van der Waals surface area contributed by atoms with E-state index in [1.165, 1.54) is 0 Å². The lowest BCUT2D eigenvalue weighted by Gasteiger charge is -2.26. The monoisotopic (exact) mass is 256 g/mol. The molecular formula is C13H17ClO3. The number of benzene rings is 1. The number of hydrogen-bond donors (Lipinski definition) is 1. The topological polar surface area (TPSA) is 38.7 Å². The first-order valence-corrected chi connectivity index (χ1v) is 6.11. The van der Waals surface area contributed by atoms with Gasteiger partial charge in [-0.3, -0.25) is 0 Å². The van der Waals surface area contributed by atoms with Crippen LogP contribution in [-0.4, -0.2) is 18.5 Å². The minimum Gasteiger partial charge on any atom is -0.454 e. The van der Waals surface area contributed by atoms with Gasteiger partial charge in [0.15, 0.2) is 11.5 Å². The Hall–Kier alpha value is -0.930. The van der Waals surface area contributed by atoms with Crippen molar-refractivity contribution in [3.63, 3.8) is 0 Å². The third-order valence-corrected chi connectivity index (χ3v) is 3.58. The second kappa shape index (κ2) is 4.39. The summed E-state index contributed by atoms with van der Waals surface area (Å²) in [4.78, 5) is 0. The minimum atomic E-state index is -0.337. The van der Waals surface area contributed by atoms with Crippen LogP contribution >= 0.6 is 11.6 Å². The molecule has 4 heteroatoms. The summed E-state index contributed by atoms with van der Waals surface area (Å²) in [7, 11) is 0. The number of aliphatic hydroxyl groups excluding tert-OH is 1. The molecule has 1 heterocycles. The van der Waals surface area contributed by atoms with Crippen molar-refractivity contribution in [3.05, 3.63) is 22.2 Å². The average Bonchev–Trinajstić information content (AvgIpc) is 2.77.